The molecule has 0 saturated carbocycles. The molecule has 1 aliphatic rings. The van der Waals surface area contributed by atoms with Gasteiger partial charge in [0, 0.05) is 31.9 Å². The van der Waals surface area contributed by atoms with Crippen LogP contribution in [0.3, 0.4) is 0 Å². The molecule has 0 aromatic carbocycles. The number of hydrogen-bond donors (Lipinski definition) is 1. The van der Waals surface area contributed by atoms with Crippen molar-refractivity contribution in [1.29, 1.82) is 0 Å². The fourth-order valence-electron chi connectivity index (χ4n) is 3.16. The minimum atomic E-state index is 0.0542. The number of H-pyrrole nitrogens is 1. The number of amides is 1. The largest absolute Gasteiger partial charge is 0.338 e. The summed E-state index contributed by atoms with van der Waals surface area (Å²) in [5.41, 5.74) is 1.97. The number of nitrogens with one attached hydrogen (secondary N) is 1. The average Bonchev–Trinajstić information content (AvgIpc) is 3.35. The van der Waals surface area contributed by atoms with Gasteiger partial charge in [0.25, 0.3) is 5.91 Å². The number of nitrogens with zero attached hydrogens (tertiary/aromatic N) is 6. The standard InChI is InChI=1S/C15H17N7OS/c1-21-8-11(7-16-21)6-10-2-4-22(9-10)15(23)13-12(3-5-24-13)14-17-19-20-18-14/h3,5,7-8,10H,2,4,6,9H2,1H3,(H,17,18,19,20). The summed E-state index contributed by atoms with van der Waals surface area (Å²) < 4.78 is 1.82. The summed E-state index contributed by atoms with van der Waals surface area (Å²) in [6.07, 6.45) is 5.92. The molecule has 1 N–H and O–H groups in total. The van der Waals surface area contributed by atoms with E-state index in [0.717, 1.165) is 31.5 Å². The van der Waals surface area contributed by atoms with Crippen LogP contribution in [0.4, 0.5) is 0 Å². The van der Waals surface area contributed by atoms with Crippen LogP contribution in [0.15, 0.2) is 23.8 Å². The smallest absolute Gasteiger partial charge is 0.264 e. The predicted molar refractivity (Wildman–Crippen MR) is 88.4 cm³/mol. The molecule has 24 heavy (non-hydrogen) atoms. The molecule has 3 aromatic heterocycles. The zero-order valence-corrected chi connectivity index (χ0v) is 14.0. The van der Waals surface area contributed by atoms with Crippen molar-refractivity contribution >= 4 is 17.2 Å². The topological polar surface area (TPSA) is 92.6 Å². The summed E-state index contributed by atoms with van der Waals surface area (Å²) in [6.45, 7) is 1.56. The van der Waals surface area contributed by atoms with Gasteiger partial charge in [-0.15, -0.1) is 21.5 Å². The number of tetrazole rings is 1. The van der Waals surface area contributed by atoms with Crippen molar-refractivity contribution in [2.75, 3.05) is 13.1 Å². The Bertz CT molecular complexity index is 838. The predicted octanol–water partition coefficient (Wildman–Crippen LogP) is 1.37. The summed E-state index contributed by atoms with van der Waals surface area (Å²) in [5.74, 6) is 0.996. The van der Waals surface area contributed by atoms with Gasteiger partial charge in [-0.2, -0.15) is 10.3 Å². The molecule has 1 atom stereocenters. The number of thiophene rings is 1. The van der Waals surface area contributed by atoms with E-state index >= 15 is 0 Å². The van der Waals surface area contributed by atoms with Crippen LogP contribution in [0.1, 0.15) is 21.7 Å². The first kappa shape index (κ1) is 15.0. The van der Waals surface area contributed by atoms with Crippen LogP contribution in [0.2, 0.25) is 0 Å². The molecule has 1 amide bonds. The molecule has 4 rings (SSSR count). The average molecular weight is 343 g/mol. The van der Waals surface area contributed by atoms with Gasteiger partial charge < -0.3 is 4.90 Å². The zero-order chi connectivity index (χ0) is 16.5. The molecule has 1 aliphatic heterocycles. The SMILES string of the molecule is Cn1cc(CC2CCN(C(=O)c3sccc3-c3nn[nH]n3)C2)cn1. The van der Waals surface area contributed by atoms with E-state index in [9.17, 15) is 4.79 Å². The van der Waals surface area contributed by atoms with Gasteiger partial charge in [0.05, 0.1) is 6.20 Å². The Morgan fingerprint density at radius 1 is 1.50 bits per heavy atom. The van der Waals surface area contributed by atoms with E-state index in [2.05, 4.69) is 25.7 Å². The number of carbonyl (C=O) groups excluding carboxylic acids is 1. The first-order chi connectivity index (χ1) is 11.7. The van der Waals surface area contributed by atoms with Crippen LogP contribution < -0.4 is 0 Å². The number of rotatable bonds is 4. The molecular formula is C15H17N7OS. The highest BCUT2D eigenvalue weighted by Gasteiger charge is 2.29. The maximum atomic E-state index is 12.9. The summed E-state index contributed by atoms with van der Waals surface area (Å²) >= 11 is 1.43. The Morgan fingerprint density at radius 2 is 2.42 bits per heavy atom. The monoisotopic (exact) mass is 343 g/mol. The Labute approximate surface area is 142 Å². The van der Waals surface area contributed by atoms with Gasteiger partial charge >= 0.3 is 0 Å². The van der Waals surface area contributed by atoms with E-state index in [4.69, 9.17) is 0 Å². The fraction of sp³-hybridized carbons (Fsp3) is 0.400. The molecule has 4 heterocycles. The number of hydrogen-bond acceptors (Lipinski definition) is 6. The molecule has 0 aliphatic carbocycles. The third kappa shape index (κ3) is 2.82. The maximum absolute atomic E-state index is 12.9. The molecule has 124 valence electrons. The van der Waals surface area contributed by atoms with Crippen molar-refractivity contribution in [2.24, 2.45) is 13.0 Å². The van der Waals surface area contributed by atoms with Crippen LogP contribution in [0.25, 0.3) is 11.4 Å². The van der Waals surface area contributed by atoms with Crippen LogP contribution in [-0.2, 0) is 13.5 Å². The highest BCUT2D eigenvalue weighted by Crippen LogP contribution is 2.29. The Hall–Kier alpha value is -2.55. The first-order valence-corrected chi connectivity index (χ1v) is 8.67. The minimum Gasteiger partial charge on any atom is -0.338 e. The van der Waals surface area contributed by atoms with Crippen LogP contribution in [-0.4, -0.2) is 54.3 Å². The first-order valence-electron chi connectivity index (χ1n) is 7.79. The van der Waals surface area contributed by atoms with Gasteiger partial charge in [-0.05, 0) is 41.0 Å². The minimum absolute atomic E-state index is 0.0542. The number of aromatic nitrogens is 6. The third-order valence-corrected chi connectivity index (χ3v) is 5.20. The Balaban J connectivity index is 1.46. The summed E-state index contributed by atoms with van der Waals surface area (Å²) in [4.78, 5) is 15.5. The lowest BCUT2D eigenvalue weighted by Gasteiger charge is -2.16. The summed E-state index contributed by atoms with van der Waals surface area (Å²) in [7, 11) is 1.92. The normalized spacial score (nSPS) is 17.5. The van der Waals surface area contributed by atoms with E-state index in [1.54, 1.807) is 0 Å². The van der Waals surface area contributed by atoms with Crippen molar-refractivity contribution in [3.05, 3.63) is 34.3 Å². The molecule has 1 fully saturated rings. The summed E-state index contributed by atoms with van der Waals surface area (Å²) in [6, 6.07) is 1.87. The second-order valence-corrected chi connectivity index (χ2v) is 6.95. The van der Waals surface area contributed by atoms with Crippen molar-refractivity contribution in [2.45, 2.75) is 12.8 Å². The van der Waals surface area contributed by atoms with Crippen molar-refractivity contribution in [3.63, 3.8) is 0 Å². The van der Waals surface area contributed by atoms with Gasteiger partial charge in [0.1, 0.15) is 4.88 Å². The third-order valence-electron chi connectivity index (χ3n) is 4.30. The van der Waals surface area contributed by atoms with E-state index in [1.165, 1.54) is 16.9 Å². The van der Waals surface area contributed by atoms with Crippen LogP contribution in [0.5, 0.6) is 0 Å². The zero-order valence-electron chi connectivity index (χ0n) is 13.2. The lowest BCUT2D eigenvalue weighted by molar-refractivity contribution is 0.0792. The lowest BCUT2D eigenvalue weighted by Crippen LogP contribution is -2.28. The van der Waals surface area contributed by atoms with E-state index in [1.807, 2.05) is 40.5 Å². The second-order valence-electron chi connectivity index (χ2n) is 6.03. The van der Waals surface area contributed by atoms with Crippen molar-refractivity contribution in [3.8, 4) is 11.4 Å². The van der Waals surface area contributed by atoms with E-state index in [0.29, 0.717) is 16.6 Å². The molecule has 9 heteroatoms. The van der Waals surface area contributed by atoms with Crippen LogP contribution in [0, 0.1) is 5.92 Å². The maximum Gasteiger partial charge on any atom is 0.264 e. The van der Waals surface area contributed by atoms with Crippen molar-refractivity contribution in [1.82, 2.24) is 35.3 Å². The van der Waals surface area contributed by atoms with Gasteiger partial charge in [-0.25, -0.2) is 0 Å². The number of aromatic amines is 1. The molecule has 8 nitrogen and oxygen atoms in total. The van der Waals surface area contributed by atoms with E-state index < -0.39 is 0 Å². The second kappa shape index (κ2) is 6.16. The fourth-order valence-corrected chi connectivity index (χ4v) is 4.02. The highest BCUT2D eigenvalue weighted by molar-refractivity contribution is 7.12. The van der Waals surface area contributed by atoms with Crippen molar-refractivity contribution < 1.29 is 4.79 Å². The van der Waals surface area contributed by atoms with Gasteiger partial charge in [-0.1, -0.05) is 0 Å². The molecule has 0 spiro atoms. The number of likely N-dealkylation sites (tertiary alicyclic amines) is 1. The molecular weight excluding hydrogens is 326 g/mol. The Kier molecular flexibility index (Phi) is 3.85. The summed E-state index contributed by atoms with van der Waals surface area (Å²) in [5, 5.41) is 20.1. The Morgan fingerprint density at radius 3 is 3.17 bits per heavy atom. The molecule has 0 radical (unpaired) electrons. The van der Waals surface area contributed by atoms with Crippen LogP contribution >= 0.6 is 11.3 Å². The molecule has 1 unspecified atom stereocenters. The quantitative estimate of drug-likeness (QED) is 0.772. The number of aryl methyl sites for hydroxylation is 1. The molecule has 1 saturated heterocycles. The van der Waals surface area contributed by atoms with Gasteiger partial charge in [-0.3, -0.25) is 9.48 Å². The number of carbonyl (C=O) groups is 1. The van der Waals surface area contributed by atoms with Gasteiger partial charge in [0.2, 0.25) is 5.82 Å². The molecule has 0 bridgehead atoms. The van der Waals surface area contributed by atoms with E-state index in [-0.39, 0.29) is 5.91 Å². The van der Waals surface area contributed by atoms with Gasteiger partial charge in [0.15, 0.2) is 0 Å². The highest BCUT2D eigenvalue weighted by atomic mass is 32.1. The lowest BCUT2D eigenvalue weighted by atomic mass is 10.0. The molecule has 3 aromatic rings.